The fraction of sp³-hybridized carbons (Fsp3) is 0.412. The van der Waals surface area contributed by atoms with Crippen molar-refractivity contribution < 1.29 is 34.5 Å². The van der Waals surface area contributed by atoms with E-state index in [0.29, 0.717) is 25.9 Å². The van der Waals surface area contributed by atoms with Gasteiger partial charge in [-0.3, -0.25) is 19.7 Å². The van der Waals surface area contributed by atoms with Crippen LogP contribution in [0.2, 0.25) is 0 Å². The van der Waals surface area contributed by atoms with Gasteiger partial charge in [0, 0.05) is 51.0 Å². The Morgan fingerprint density at radius 2 is 1.64 bits per heavy atom. The molecule has 0 spiro atoms. The van der Waals surface area contributed by atoms with E-state index in [2.05, 4.69) is 10.2 Å². The lowest BCUT2D eigenvalue weighted by Gasteiger charge is -2.37. The molecule has 3 aromatic rings. The molecule has 10 nitrogen and oxygen atoms in total. The first-order valence-corrected chi connectivity index (χ1v) is 15.2. The van der Waals surface area contributed by atoms with Gasteiger partial charge in [0.1, 0.15) is 0 Å². The van der Waals surface area contributed by atoms with Crippen molar-refractivity contribution in [2.45, 2.75) is 69.9 Å². The molecule has 2 aliphatic rings. The van der Waals surface area contributed by atoms with Crippen LogP contribution >= 0.6 is 0 Å². The van der Waals surface area contributed by atoms with E-state index >= 15 is 0 Å². The number of carbonyl (C=O) groups excluding carboxylic acids is 2. The van der Waals surface area contributed by atoms with Crippen molar-refractivity contribution in [2.24, 2.45) is 0 Å². The third-order valence-electron chi connectivity index (χ3n) is 8.19. The zero-order valence-electron chi connectivity index (χ0n) is 24.7. The number of hydroxylamine groups is 1. The molecule has 4 atom stereocenters. The highest BCUT2D eigenvalue weighted by molar-refractivity contribution is 5.78. The molecular formula is C34H41N3O7. The molecule has 2 amide bonds. The van der Waals surface area contributed by atoms with E-state index in [1.165, 1.54) is 0 Å². The first-order chi connectivity index (χ1) is 21.4. The first-order valence-electron chi connectivity index (χ1n) is 15.2. The lowest BCUT2D eigenvalue weighted by molar-refractivity contribution is -0.252. The van der Waals surface area contributed by atoms with Gasteiger partial charge < -0.3 is 25.0 Å². The van der Waals surface area contributed by atoms with Crippen LogP contribution in [0.1, 0.15) is 66.8 Å². The summed E-state index contributed by atoms with van der Waals surface area (Å²) >= 11 is 0. The Kier molecular flexibility index (Phi) is 11.1. The fourth-order valence-electron chi connectivity index (χ4n) is 5.75. The second-order valence-electron chi connectivity index (χ2n) is 11.5. The standard InChI is InChI=1S/C34H41N3O7/c38-22-23-7-9-26(10-8-23)31-18-30(21-37-16-15-29(39)20-37)43-34(44-31)27-13-11-25(12-14-27)28-4-1-3-24(17-28)19-35-32(40)5-2-6-33(41)36-42/h1,3-4,7-14,17,29-31,34,38-39,42H,2,5-6,15-16,18-22H2,(H,35,40)(H,36,41)/t29-,30-,31+,34+/m0/s1. The predicted molar refractivity (Wildman–Crippen MR) is 163 cm³/mol. The van der Waals surface area contributed by atoms with Gasteiger partial charge in [-0.1, -0.05) is 66.7 Å². The summed E-state index contributed by atoms with van der Waals surface area (Å²) in [5.74, 6) is -0.658. The summed E-state index contributed by atoms with van der Waals surface area (Å²) < 4.78 is 13.0. The maximum atomic E-state index is 12.2. The summed E-state index contributed by atoms with van der Waals surface area (Å²) in [4.78, 5) is 25.5. The van der Waals surface area contributed by atoms with E-state index in [-0.39, 0.29) is 43.7 Å². The lowest BCUT2D eigenvalue weighted by atomic mass is 9.99. The van der Waals surface area contributed by atoms with E-state index in [1.807, 2.05) is 72.8 Å². The molecule has 10 heteroatoms. The van der Waals surface area contributed by atoms with E-state index in [1.54, 1.807) is 5.48 Å². The van der Waals surface area contributed by atoms with Crippen molar-refractivity contribution in [2.75, 3.05) is 19.6 Å². The number of nitrogens with one attached hydrogen (secondary N) is 2. The number of ether oxygens (including phenoxy) is 2. The highest BCUT2D eigenvalue weighted by atomic mass is 16.7. The van der Waals surface area contributed by atoms with Gasteiger partial charge in [-0.25, -0.2) is 5.48 Å². The van der Waals surface area contributed by atoms with Gasteiger partial charge in [0.15, 0.2) is 6.29 Å². The molecule has 234 valence electrons. The zero-order valence-corrected chi connectivity index (χ0v) is 24.7. The number of aliphatic hydroxyl groups excluding tert-OH is 2. The van der Waals surface area contributed by atoms with Crippen LogP contribution in [0.15, 0.2) is 72.8 Å². The Morgan fingerprint density at radius 1 is 0.886 bits per heavy atom. The second kappa shape index (κ2) is 15.4. The lowest BCUT2D eigenvalue weighted by Crippen LogP contribution is -2.38. The van der Waals surface area contributed by atoms with Crippen molar-refractivity contribution in [1.82, 2.24) is 15.7 Å². The molecule has 0 aliphatic carbocycles. The molecule has 3 aromatic carbocycles. The van der Waals surface area contributed by atoms with Crippen LogP contribution in [-0.4, -0.2) is 64.0 Å². The summed E-state index contributed by atoms with van der Waals surface area (Å²) in [7, 11) is 0. The van der Waals surface area contributed by atoms with Crippen LogP contribution in [0.4, 0.5) is 0 Å². The minimum absolute atomic E-state index is 0.00522. The quantitative estimate of drug-likeness (QED) is 0.156. The number of carbonyl (C=O) groups is 2. The summed E-state index contributed by atoms with van der Waals surface area (Å²) in [6, 6.07) is 23.9. The molecule has 2 aliphatic heterocycles. The van der Waals surface area contributed by atoms with Gasteiger partial charge in [-0.2, -0.15) is 0 Å². The molecule has 0 saturated carbocycles. The Balaban J connectivity index is 1.24. The van der Waals surface area contributed by atoms with Crippen molar-refractivity contribution in [3.63, 3.8) is 0 Å². The van der Waals surface area contributed by atoms with Gasteiger partial charge in [0.05, 0.1) is 24.9 Å². The van der Waals surface area contributed by atoms with Crippen LogP contribution in [0.5, 0.6) is 0 Å². The Hall–Kier alpha value is -3.64. The third-order valence-corrected chi connectivity index (χ3v) is 8.19. The zero-order chi connectivity index (χ0) is 30.9. The molecule has 0 radical (unpaired) electrons. The van der Waals surface area contributed by atoms with Crippen molar-refractivity contribution in [1.29, 1.82) is 0 Å². The Morgan fingerprint density at radius 3 is 2.34 bits per heavy atom. The average molecular weight is 604 g/mol. The molecular weight excluding hydrogens is 562 g/mol. The number of hydrogen-bond acceptors (Lipinski definition) is 8. The number of rotatable bonds is 12. The van der Waals surface area contributed by atoms with Crippen molar-refractivity contribution in [3.8, 4) is 11.1 Å². The first kappa shape index (κ1) is 31.8. The normalized spacial score (nSPS) is 22.1. The molecule has 2 fully saturated rings. The van der Waals surface area contributed by atoms with Gasteiger partial charge in [-0.05, 0) is 46.7 Å². The van der Waals surface area contributed by atoms with Crippen LogP contribution in [0, 0.1) is 0 Å². The molecule has 44 heavy (non-hydrogen) atoms. The van der Waals surface area contributed by atoms with Crippen LogP contribution < -0.4 is 10.8 Å². The number of β-amino-alcohol motifs (C(OH)–C–C–N with tert-alkyl or cyclic N) is 1. The van der Waals surface area contributed by atoms with Gasteiger partial charge >= 0.3 is 0 Å². The topological polar surface area (TPSA) is 141 Å². The van der Waals surface area contributed by atoms with E-state index < -0.39 is 12.2 Å². The number of likely N-dealkylation sites (tertiary alicyclic amines) is 1. The van der Waals surface area contributed by atoms with Gasteiger partial charge in [0.2, 0.25) is 11.8 Å². The number of hydrogen-bond donors (Lipinski definition) is 5. The largest absolute Gasteiger partial charge is 0.392 e. The highest BCUT2D eigenvalue weighted by Crippen LogP contribution is 2.39. The van der Waals surface area contributed by atoms with Crippen LogP contribution in [0.25, 0.3) is 11.1 Å². The number of benzene rings is 3. The van der Waals surface area contributed by atoms with Crippen LogP contribution in [0.3, 0.4) is 0 Å². The van der Waals surface area contributed by atoms with E-state index in [0.717, 1.165) is 52.9 Å². The van der Waals surface area contributed by atoms with Crippen molar-refractivity contribution >= 4 is 11.8 Å². The number of nitrogens with zero attached hydrogens (tertiary/aromatic N) is 1. The fourth-order valence-corrected chi connectivity index (χ4v) is 5.75. The third kappa shape index (κ3) is 8.72. The summed E-state index contributed by atoms with van der Waals surface area (Å²) in [6.45, 7) is 2.60. The summed E-state index contributed by atoms with van der Waals surface area (Å²) in [6.07, 6.45) is 1.05. The van der Waals surface area contributed by atoms with E-state index in [4.69, 9.17) is 14.7 Å². The Bertz CT molecular complexity index is 1380. The summed E-state index contributed by atoms with van der Waals surface area (Å²) in [5, 5.41) is 30.9. The van der Waals surface area contributed by atoms with Crippen LogP contribution in [-0.2, 0) is 32.2 Å². The summed E-state index contributed by atoms with van der Waals surface area (Å²) in [5.41, 5.74) is 7.36. The van der Waals surface area contributed by atoms with E-state index in [9.17, 15) is 19.8 Å². The SMILES string of the molecule is O=C(CCCC(=O)NCc1cccc(-c2ccc([C@@H]3O[C@H](CN4CC[C@H](O)C4)C[C@H](c4ccc(CO)cc4)O3)cc2)c1)NO. The Labute approximate surface area is 257 Å². The number of amides is 2. The molecule has 0 aromatic heterocycles. The van der Waals surface area contributed by atoms with Crippen molar-refractivity contribution in [3.05, 3.63) is 95.1 Å². The molecule has 0 bridgehead atoms. The maximum Gasteiger partial charge on any atom is 0.243 e. The minimum Gasteiger partial charge on any atom is -0.392 e. The smallest absolute Gasteiger partial charge is 0.243 e. The van der Waals surface area contributed by atoms with Gasteiger partial charge in [-0.15, -0.1) is 0 Å². The van der Waals surface area contributed by atoms with Gasteiger partial charge in [0.25, 0.3) is 0 Å². The molecule has 0 unspecified atom stereocenters. The predicted octanol–water partition coefficient (Wildman–Crippen LogP) is 3.75. The molecule has 5 rings (SSSR count). The molecule has 5 N–H and O–H groups in total. The second-order valence-corrected chi connectivity index (χ2v) is 11.5. The number of aliphatic hydroxyl groups is 2. The highest BCUT2D eigenvalue weighted by Gasteiger charge is 2.34. The average Bonchev–Trinajstić information content (AvgIpc) is 3.47. The molecule has 2 heterocycles. The monoisotopic (exact) mass is 603 g/mol. The minimum atomic E-state index is -0.553. The maximum absolute atomic E-state index is 12.2. The molecule has 2 saturated heterocycles.